The van der Waals surface area contributed by atoms with Crippen molar-refractivity contribution in [3.63, 3.8) is 0 Å². The van der Waals surface area contributed by atoms with Gasteiger partial charge in [0.1, 0.15) is 5.69 Å². The smallest absolute Gasteiger partial charge is 0.423 e. The maximum Gasteiger partial charge on any atom is 0.423 e. The van der Waals surface area contributed by atoms with E-state index in [9.17, 15) is 23.1 Å². The van der Waals surface area contributed by atoms with Crippen molar-refractivity contribution in [1.82, 2.24) is 9.97 Å². The van der Waals surface area contributed by atoms with Gasteiger partial charge in [0.25, 0.3) is 0 Å². The molecule has 5 nitrogen and oxygen atoms in total. The molecule has 0 aliphatic rings. The lowest BCUT2D eigenvalue weighted by Gasteiger charge is -2.38. The van der Waals surface area contributed by atoms with Crippen LogP contribution < -0.4 is 0 Å². The van der Waals surface area contributed by atoms with E-state index < -0.39 is 29.4 Å². The third-order valence-corrected chi connectivity index (χ3v) is 5.89. The molecular weight excluding hydrogens is 492 g/mol. The van der Waals surface area contributed by atoms with Gasteiger partial charge in [-0.05, 0) is 55.7 Å². The van der Waals surface area contributed by atoms with E-state index in [1.807, 2.05) is 0 Å². The Balaban J connectivity index is 2.16. The Kier molecular flexibility index (Phi) is 7.85. The van der Waals surface area contributed by atoms with Crippen LogP contribution in [0.4, 0.5) is 13.2 Å². The normalized spacial score (nSPS) is 14.4. The molecule has 3 aromatic rings. The summed E-state index contributed by atoms with van der Waals surface area (Å²) < 4.78 is 48.7. The van der Waals surface area contributed by atoms with Crippen LogP contribution in [0.2, 0.25) is 10.0 Å². The van der Waals surface area contributed by atoms with E-state index in [0.717, 1.165) is 6.20 Å². The van der Waals surface area contributed by atoms with Crippen molar-refractivity contribution < 1.29 is 27.8 Å². The Morgan fingerprint density at radius 1 is 1.12 bits per heavy atom. The quantitative estimate of drug-likeness (QED) is 0.390. The second kappa shape index (κ2) is 10.3. The first-order valence-corrected chi connectivity index (χ1v) is 11.0. The Labute approximate surface area is 204 Å². The topological polar surface area (TPSA) is 72.3 Å². The van der Waals surface area contributed by atoms with Crippen LogP contribution in [-0.4, -0.2) is 33.8 Å². The summed E-state index contributed by atoms with van der Waals surface area (Å²) in [6.07, 6.45) is -3.23. The molecule has 1 heterocycles. The number of hydrogen-bond donors (Lipinski definition) is 1. The van der Waals surface area contributed by atoms with Gasteiger partial charge in [-0.1, -0.05) is 41.4 Å². The highest BCUT2D eigenvalue weighted by atomic mass is 35.5. The monoisotopic (exact) mass is 512 g/mol. The molecule has 34 heavy (non-hydrogen) atoms. The fourth-order valence-corrected chi connectivity index (χ4v) is 4.20. The number of alkyl halides is 3. The number of aliphatic hydroxyl groups is 1. The van der Waals surface area contributed by atoms with Gasteiger partial charge >= 0.3 is 12.1 Å². The Hall–Kier alpha value is -2.68. The zero-order chi connectivity index (χ0) is 25.1. The summed E-state index contributed by atoms with van der Waals surface area (Å²) in [5, 5.41) is 11.5. The van der Waals surface area contributed by atoms with Gasteiger partial charge in [0.05, 0.1) is 24.1 Å². The third kappa shape index (κ3) is 5.35. The summed E-state index contributed by atoms with van der Waals surface area (Å²) in [4.78, 5) is 19.7. The number of aromatic nitrogens is 2. The summed E-state index contributed by atoms with van der Waals surface area (Å²) >= 11 is 12.3. The number of carbonyl (C=O) groups is 1. The van der Waals surface area contributed by atoms with Crippen molar-refractivity contribution >= 4 is 29.2 Å². The lowest BCUT2D eigenvalue weighted by Crippen LogP contribution is -2.49. The van der Waals surface area contributed by atoms with Crippen LogP contribution in [0.5, 0.6) is 0 Å². The molecule has 1 N–H and O–H groups in total. The molecule has 2 atom stereocenters. The number of ether oxygens (including phenoxy) is 1. The van der Waals surface area contributed by atoms with Gasteiger partial charge in [-0.3, -0.25) is 9.97 Å². The first kappa shape index (κ1) is 25.9. The molecule has 0 aliphatic carbocycles. The molecular formula is C24H21Cl2F3N2O3. The lowest BCUT2D eigenvalue weighted by atomic mass is 9.75. The van der Waals surface area contributed by atoms with Crippen LogP contribution in [0.3, 0.4) is 0 Å². The molecule has 0 aliphatic heterocycles. The number of benzene rings is 2. The van der Waals surface area contributed by atoms with Crippen LogP contribution in [-0.2, 0) is 16.8 Å². The minimum atomic E-state index is -5.13. The zero-order valence-electron chi connectivity index (χ0n) is 18.2. The van der Waals surface area contributed by atoms with E-state index in [1.165, 1.54) is 55.6 Å². The maximum absolute atomic E-state index is 14.6. The standard InChI is InChI=1S/C24H21Cl2F3N2O3/c1-3-34-22(32)16-6-4-15(5-7-16)10-19(18-9-8-17(25)11-20(18)26)23(33,24(27,28)29)21-13-30-12-14(2)31-21/h4-9,11-13,19,33H,3,10H2,1-2H3. The van der Waals surface area contributed by atoms with E-state index >= 15 is 0 Å². The van der Waals surface area contributed by atoms with Crippen LogP contribution in [0.15, 0.2) is 54.9 Å². The molecule has 10 heteroatoms. The predicted molar refractivity (Wildman–Crippen MR) is 122 cm³/mol. The molecule has 0 fully saturated rings. The number of halogens is 5. The fraction of sp³-hybridized carbons (Fsp3) is 0.292. The third-order valence-electron chi connectivity index (χ3n) is 5.32. The van der Waals surface area contributed by atoms with E-state index in [-0.39, 0.29) is 39.9 Å². The van der Waals surface area contributed by atoms with Crippen molar-refractivity contribution in [2.75, 3.05) is 6.61 Å². The van der Waals surface area contributed by atoms with E-state index in [1.54, 1.807) is 6.92 Å². The van der Waals surface area contributed by atoms with Crippen molar-refractivity contribution in [2.24, 2.45) is 0 Å². The summed E-state index contributed by atoms with van der Waals surface area (Å²) in [7, 11) is 0. The average Bonchev–Trinajstić information content (AvgIpc) is 2.77. The number of carbonyl (C=O) groups excluding carboxylic acids is 1. The molecule has 180 valence electrons. The number of esters is 1. The van der Waals surface area contributed by atoms with Crippen molar-refractivity contribution in [3.8, 4) is 0 Å². The highest BCUT2D eigenvalue weighted by Crippen LogP contribution is 2.50. The SMILES string of the molecule is CCOC(=O)c1ccc(CC(c2ccc(Cl)cc2Cl)C(O)(c2cncc(C)n2)C(F)(F)F)cc1. The lowest BCUT2D eigenvalue weighted by molar-refractivity contribution is -0.277. The van der Waals surface area contributed by atoms with E-state index in [2.05, 4.69) is 9.97 Å². The Morgan fingerprint density at radius 2 is 1.79 bits per heavy atom. The first-order chi connectivity index (χ1) is 16.0. The zero-order valence-corrected chi connectivity index (χ0v) is 19.7. The minimum absolute atomic E-state index is 0.0312. The van der Waals surface area contributed by atoms with Crippen molar-refractivity contribution in [2.45, 2.75) is 38.0 Å². The molecule has 0 bridgehead atoms. The molecule has 0 radical (unpaired) electrons. The van der Waals surface area contributed by atoms with Crippen LogP contribution in [0.25, 0.3) is 0 Å². The van der Waals surface area contributed by atoms with Gasteiger partial charge in [0.2, 0.25) is 5.60 Å². The number of aryl methyl sites for hydroxylation is 1. The predicted octanol–water partition coefficient (Wildman–Crippen LogP) is 6.04. The molecule has 0 spiro atoms. The Bertz CT molecular complexity index is 1170. The highest BCUT2D eigenvalue weighted by molar-refractivity contribution is 6.35. The second-order valence-electron chi connectivity index (χ2n) is 7.65. The summed E-state index contributed by atoms with van der Waals surface area (Å²) in [5.74, 6) is -2.16. The fourth-order valence-electron chi connectivity index (χ4n) is 3.66. The number of nitrogens with zero attached hydrogens (tertiary/aromatic N) is 2. The molecule has 2 unspecified atom stereocenters. The maximum atomic E-state index is 14.6. The number of hydrogen-bond acceptors (Lipinski definition) is 5. The molecule has 0 amide bonds. The van der Waals surface area contributed by atoms with Crippen molar-refractivity contribution in [3.05, 3.63) is 93.0 Å². The van der Waals surface area contributed by atoms with Gasteiger partial charge in [-0.15, -0.1) is 0 Å². The van der Waals surface area contributed by atoms with E-state index in [4.69, 9.17) is 27.9 Å². The molecule has 0 saturated carbocycles. The summed E-state index contributed by atoms with van der Waals surface area (Å²) in [6, 6.07) is 9.97. The van der Waals surface area contributed by atoms with E-state index in [0.29, 0.717) is 5.56 Å². The summed E-state index contributed by atoms with van der Waals surface area (Å²) in [5.41, 5.74) is -3.17. The average molecular weight is 513 g/mol. The largest absolute Gasteiger partial charge is 0.462 e. The Morgan fingerprint density at radius 3 is 2.35 bits per heavy atom. The molecule has 1 aromatic heterocycles. The van der Waals surface area contributed by atoms with Gasteiger partial charge < -0.3 is 9.84 Å². The van der Waals surface area contributed by atoms with Gasteiger partial charge in [0, 0.05) is 22.2 Å². The van der Waals surface area contributed by atoms with Gasteiger partial charge in [-0.25, -0.2) is 4.79 Å². The molecule has 2 aromatic carbocycles. The number of rotatable bonds is 7. The van der Waals surface area contributed by atoms with Gasteiger partial charge in [0.15, 0.2) is 0 Å². The highest BCUT2D eigenvalue weighted by Gasteiger charge is 2.61. The first-order valence-electron chi connectivity index (χ1n) is 10.3. The van der Waals surface area contributed by atoms with Crippen LogP contribution in [0, 0.1) is 6.92 Å². The van der Waals surface area contributed by atoms with Crippen LogP contribution in [0.1, 0.15) is 45.7 Å². The van der Waals surface area contributed by atoms with Gasteiger partial charge in [-0.2, -0.15) is 13.2 Å². The summed E-state index contributed by atoms with van der Waals surface area (Å²) in [6.45, 7) is 3.33. The van der Waals surface area contributed by atoms with Crippen LogP contribution >= 0.6 is 23.2 Å². The molecule has 3 rings (SSSR count). The van der Waals surface area contributed by atoms with Crippen molar-refractivity contribution in [1.29, 1.82) is 0 Å². The second-order valence-corrected chi connectivity index (χ2v) is 8.49. The molecule has 0 saturated heterocycles. The minimum Gasteiger partial charge on any atom is -0.462 e.